The second kappa shape index (κ2) is 7.96. The van der Waals surface area contributed by atoms with Gasteiger partial charge in [0.15, 0.2) is 0 Å². The lowest BCUT2D eigenvalue weighted by Gasteiger charge is -2.33. The first kappa shape index (κ1) is 18.4. The van der Waals surface area contributed by atoms with E-state index in [-0.39, 0.29) is 11.8 Å². The number of carbonyl (C=O) groups is 1. The molecular formula is C21H25N5O2. The SMILES string of the molecule is Cc1nc(N2CCCC(C(=O)NCCc3ccccc3)C2)c2c(C)noc2n1. The van der Waals surface area contributed by atoms with Crippen LogP contribution >= 0.6 is 0 Å². The third-order valence-electron chi connectivity index (χ3n) is 5.25. The first-order valence-corrected chi connectivity index (χ1v) is 9.79. The molecule has 1 aliphatic rings. The summed E-state index contributed by atoms with van der Waals surface area (Å²) in [5.74, 6) is 1.54. The number of aromatic nitrogens is 3. The molecular weight excluding hydrogens is 354 g/mol. The van der Waals surface area contributed by atoms with Crippen molar-refractivity contribution in [2.45, 2.75) is 33.1 Å². The third kappa shape index (κ3) is 3.83. The smallest absolute Gasteiger partial charge is 0.263 e. The minimum absolute atomic E-state index is 0.0463. The molecule has 1 unspecified atom stereocenters. The fraction of sp³-hybridized carbons (Fsp3) is 0.429. The topological polar surface area (TPSA) is 84.2 Å². The Balaban J connectivity index is 1.43. The second-order valence-electron chi connectivity index (χ2n) is 7.35. The van der Waals surface area contributed by atoms with Crippen LogP contribution in [-0.2, 0) is 11.2 Å². The highest BCUT2D eigenvalue weighted by molar-refractivity contribution is 5.88. The normalized spacial score (nSPS) is 17.1. The third-order valence-corrected chi connectivity index (χ3v) is 5.25. The zero-order valence-electron chi connectivity index (χ0n) is 16.3. The number of piperidine rings is 1. The maximum atomic E-state index is 12.7. The average molecular weight is 379 g/mol. The van der Waals surface area contributed by atoms with E-state index in [1.54, 1.807) is 0 Å². The van der Waals surface area contributed by atoms with E-state index in [0.29, 0.717) is 24.6 Å². The number of anilines is 1. The van der Waals surface area contributed by atoms with Gasteiger partial charge in [-0.25, -0.2) is 4.98 Å². The van der Waals surface area contributed by atoms with Crippen molar-refractivity contribution in [2.75, 3.05) is 24.5 Å². The molecule has 1 aliphatic heterocycles. The van der Waals surface area contributed by atoms with Gasteiger partial charge in [-0.3, -0.25) is 4.79 Å². The highest BCUT2D eigenvalue weighted by atomic mass is 16.5. The van der Waals surface area contributed by atoms with Crippen LogP contribution in [0.25, 0.3) is 11.1 Å². The molecule has 7 nitrogen and oxygen atoms in total. The summed E-state index contributed by atoms with van der Waals surface area (Å²) >= 11 is 0. The van der Waals surface area contributed by atoms with E-state index >= 15 is 0 Å². The van der Waals surface area contributed by atoms with Gasteiger partial charge in [0.1, 0.15) is 17.0 Å². The van der Waals surface area contributed by atoms with Gasteiger partial charge in [0.25, 0.3) is 5.71 Å². The molecule has 1 N–H and O–H groups in total. The van der Waals surface area contributed by atoms with Crippen LogP contribution in [-0.4, -0.2) is 40.7 Å². The summed E-state index contributed by atoms with van der Waals surface area (Å²) in [5, 5.41) is 7.97. The standard InChI is InChI=1S/C21H25N5O2/c1-14-18-19(23-15(2)24-21(18)28-25-14)26-12-6-9-17(13-26)20(27)22-11-10-16-7-4-3-5-8-16/h3-5,7-8,17H,6,9-13H2,1-2H3,(H,22,27). The zero-order valence-corrected chi connectivity index (χ0v) is 16.3. The summed E-state index contributed by atoms with van der Waals surface area (Å²) in [4.78, 5) is 23.8. The number of carbonyl (C=O) groups excluding carboxylic acids is 1. The maximum Gasteiger partial charge on any atom is 0.263 e. The number of nitrogens with zero attached hydrogens (tertiary/aromatic N) is 4. The quantitative estimate of drug-likeness (QED) is 0.734. The van der Waals surface area contributed by atoms with Crippen molar-refractivity contribution in [1.82, 2.24) is 20.4 Å². The Morgan fingerprint density at radius 3 is 2.89 bits per heavy atom. The minimum atomic E-state index is -0.0463. The molecule has 0 saturated carbocycles. The summed E-state index contributed by atoms with van der Waals surface area (Å²) in [7, 11) is 0. The van der Waals surface area contributed by atoms with E-state index in [1.807, 2.05) is 32.0 Å². The summed E-state index contributed by atoms with van der Waals surface area (Å²) < 4.78 is 5.32. The van der Waals surface area contributed by atoms with Crippen LogP contribution in [0.5, 0.6) is 0 Å². The lowest BCUT2D eigenvalue weighted by Crippen LogP contribution is -2.44. The molecule has 146 valence electrons. The van der Waals surface area contributed by atoms with Crippen LogP contribution in [0.1, 0.15) is 29.9 Å². The van der Waals surface area contributed by atoms with Crippen molar-refractivity contribution in [3.8, 4) is 0 Å². The largest absolute Gasteiger partial charge is 0.355 e. The summed E-state index contributed by atoms with van der Waals surface area (Å²) in [6.45, 7) is 5.91. The van der Waals surface area contributed by atoms with Crippen LogP contribution in [0, 0.1) is 19.8 Å². The highest BCUT2D eigenvalue weighted by Gasteiger charge is 2.28. The molecule has 1 amide bonds. The average Bonchev–Trinajstić information content (AvgIpc) is 3.08. The molecule has 0 radical (unpaired) electrons. The Hall–Kier alpha value is -2.96. The molecule has 1 atom stereocenters. The predicted molar refractivity (Wildman–Crippen MR) is 107 cm³/mol. The molecule has 1 aromatic carbocycles. The van der Waals surface area contributed by atoms with Crippen molar-refractivity contribution < 1.29 is 9.32 Å². The van der Waals surface area contributed by atoms with Crippen molar-refractivity contribution in [3.05, 3.63) is 47.4 Å². The van der Waals surface area contributed by atoms with E-state index in [0.717, 1.165) is 42.7 Å². The highest BCUT2D eigenvalue weighted by Crippen LogP contribution is 2.30. The van der Waals surface area contributed by atoms with Gasteiger partial charge in [0.2, 0.25) is 5.91 Å². The van der Waals surface area contributed by atoms with Crippen LogP contribution in [0.15, 0.2) is 34.9 Å². The number of aryl methyl sites for hydroxylation is 2. The summed E-state index contributed by atoms with van der Waals surface area (Å²) in [6.07, 6.45) is 2.68. The first-order valence-electron chi connectivity index (χ1n) is 9.79. The fourth-order valence-electron chi connectivity index (χ4n) is 3.80. The van der Waals surface area contributed by atoms with Gasteiger partial charge in [-0.15, -0.1) is 0 Å². The van der Waals surface area contributed by atoms with E-state index in [9.17, 15) is 4.79 Å². The molecule has 28 heavy (non-hydrogen) atoms. The molecule has 1 fully saturated rings. The van der Waals surface area contributed by atoms with Crippen molar-refractivity contribution >= 4 is 22.8 Å². The molecule has 4 rings (SSSR count). The van der Waals surface area contributed by atoms with Crippen molar-refractivity contribution in [1.29, 1.82) is 0 Å². The monoisotopic (exact) mass is 379 g/mol. The molecule has 3 heterocycles. The van der Waals surface area contributed by atoms with E-state index in [4.69, 9.17) is 4.52 Å². The molecule has 0 aliphatic carbocycles. The predicted octanol–water partition coefficient (Wildman–Crippen LogP) is 2.81. The summed E-state index contributed by atoms with van der Waals surface area (Å²) in [5.41, 5.74) is 2.52. The number of benzene rings is 1. The molecule has 0 bridgehead atoms. The lowest BCUT2D eigenvalue weighted by molar-refractivity contribution is -0.125. The van der Waals surface area contributed by atoms with Crippen molar-refractivity contribution in [3.63, 3.8) is 0 Å². The number of hydrogen-bond acceptors (Lipinski definition) is 6. The Labute approximate surface area is 164 Å². The molecule has 0 spiro atoms. The molecule has 2 aromatic heterocycles. The van der Waals surface area contributed by atoms with Gasteiger partial charge >= 0.3 is 0 Å². The number of amides is 1. The molecule has 3 aromatic rings. The zero-order chi connectivity index (χ0) is 19.5. The fourth-order valence-corrected chi connectivity index (χ4v) is 3.80. The van der Waals surface area contributed by atoms with Gasteiger partial charge in [0.05, 0.1) is 11.6 Å². The van der Waals surface area contributed by atoms with Gasteiger partial charge in [0, 0.05) is 19.6 Å². The van der Waals surface area contributed by atoms with Crippen molar-refractivity contribution in [2.24, 2.45) is 5.92 Å². The van der Waals surface area contributed by atoms with Gasteiger partial charge in [-0.2, -0.15) is 4.98 Å². The van der Waals surface area contributed by atoms with Gasteiger partial charge in [-0.05, 0) is 38.7 Å². The second-order valence-corrected chi connectivity index (χ2v) is 7.35. The van der Waals surface area contributed by atoms with E-state index in [1.165, 1.54) is 5.56 Å². The Kier molecular flexibility index (Phi) is 5.23. The molecule has 1 saturated heterocycles. The number of hydrogen-bond donors (Lipinski definition) is 1. The Morgan fingerprint density at radius 1 is 1.25 bits per heavy atom. The minimum Gasteiger partial charge on any atom is -0.355 e. The van der Waals surface area contributed by atoms with Gasteiger partial charge < -0.3 is 14.7 Å². The lowest BCUT2D eigenvalue weighted by atomic mass is 9.96. The van der Waals surface area contributed by atoms with Crippen LogP contribution in [0.2, 0.25) is 0 Å². The van der Waals surface area contributed by atoms with Crippen LogP contribution < -0.4 is 10.2 Å². The Bertz CT molecular complexity index is 970. The van der Waals surface area contributed by atoms with E-state index < -0.39 is 0 Å². The first-order chi connectivity index (χ1) is 13.6. The van der Waals surface area contributed by atoms with Gasteiger partial charge in [-0.1, -0.05) is 35.5 Å². The number of nitrogens with one attached hydrogen (secondary N) is 1. The number of rotatable bonds is 5. The van der Waals surface area contributed by atoms with E-state index in [2.05, 4.69) is 37.5 Å². The molecule has 7 heteroatoms. The van der Waals surface area contributed by atoms with Crippen LogP contribution in [0.3, 0.4) is 0 Å². The Morgan fingerprint density at radius 2 is 2.07 bits per heavy atom. The number of fused-ring (bicyclic) bond motifs is 1. The maximum absolute atomic E-state index is 12.7. The summed E-state index contributed by atoms with van der Waals surface area (Å²) in [6, 6.07) is 10.2. The van der Waals surface area contributed by atoms with Crippen LogP contribution in [0.4, 0.5) is 5.82 Å².